The lowest BCUT2D eigenvalue weighted by Gasteiger charge is -2.67. The predicted molar refractivity (Wildman–Crippen MR) is 605 cm³/mol. The van der Waals surface area contributed by atoms with E-state index in [0.717, 1.165) is 72.0 Å². The van der Waals surface area contributed by atoms with Crippen molar-refractivity contribution < 1.29 is 0 Å². The highest BCUT2D eigenvalue weighted by molar-refractivity contribution is 5.97. The third-order valence-electron chi connectivity index (χ3n) is 41.7. The number of fused-ring (bicyclic) bond motifs is 1. The van der Waals surface area contributed by atoms with Gasteiger partial charge >= 0.3 is 0 Å². The van der Waals surface area contributed by atoms with Crippen LogP contribution in [0.4, 0.5) is 0 Å². The molecule has 1 spiro atoms. The van der Waals surface area contributed by atoms with Gasteiger partial charge in [-0.25, -0.2) is 0 Å². The summed E-state index contributed by atoms with van der Waals surface area (Å²) >= 11 is 0. The molecule has 12 rings (SSSR count). The van der Waals surface area contributed by atoms with E-state index in [1.165, 1.54) is 325 Å². The summed E-state index contributed by atoms with van der Waals surface area (Å²) in [6.07, 6.45) is 5.81. The highest BCUT2D eigenvalue weighted by Crippen LogP contribution is 2.67. The highest BCUT2D eigenvalue weighted by Gasteiger charge is 2.61. The van der Waals surface area contributed by atoms with E-state index >= 15 is 0 Å². The van der Waals surface area contributed by atoms with Crippen LogP contribution < -0.4 is 0 Å². The average molecular weight is 1810 g/mol. The first-order valence-electron chi connectivity index (χ1n) is 52.6. The summed E-state index contributed by atoms with van der Waals surface area (Å²) < 4.78 is 0. The van der Waals surface area contributed by atoms with Gasteiger partial charge in [-0.3, -0.25) is 0 Å². The highest BCUT2D eigenvalue weighted by atomic mass is 14.7. The average Bonchev–Trinajstić information content (AvgIpc) is 0.702. The number of aryl methyl sites for hydroxylation is 4. The first-order chi connectivity index (χ1) is 61.6. The van der Waals surface area contributed by atoms with Gasteiger partial charge in [-0.15, -0.1) is 0 Å². The van der Waals surface area contributed by atoms with Crippen molar-refractivity contribution in [2.24, 2.45) is 64.6 Å². The Morgan fingerprint density at radius 3 is 0.425 bits per heavy atom. The summed E-state index contributed by atoms with van der Waals surface area (Å²) in [6, 6.07) is 0. The molecule has 10 aromatic carbocycles. The molecule has 0 N–H and O–H groups in total. The van der Waals surface area contributed by atoms with E-state index < -0.39 is 0 Å². The summed E-state index contributed by atoms with van der Waals surface area (Å²) in [4.78, 5) is 0. The third kappa shape index (κ3) is 21.0. The molecule has 8 atom stereocenters. The minimum Gasteiger partial charge on any atom is -0.0620 e. The summed E-state index contributed by atoms with van der Waals surface area (Å²) in [5, 5.41) is 2.97. The molecule has 2 aliphatic rings. The van der Waals surface area contributed by atoms with E-state index in [-0.39, 0.29) is 0 Å². The summed E-state index contributed by atoms with van der Waals surface area (Å²) in [5.74, 6) is 8.55. The van der Waals surface area contributed by atoms with Gasteiger partial charge in [-0.05, 0) is 758 Å². The van der Waals surface area contributed by atoms with Crippen molar-refractivity contribution in [3.05, 3.63) is 300 Å². The van der Waals surface area contributed by atoms with Crippen molar-refractivity contribution in [1.82, 2.24) is 0 Å². The Labute approximate surface area is 828 Å². The van der Waals surface area contributed by atoms with Crippen LogP contribution in [0.2, 0.25) is 0 Å². The quantitative estimate of drug-likeness (QED) is 0.142. The minimum absolute atomic E-state index is 0.538. The van der Waals surface area contributed by atoms with Crippen LogP contribution in [0.3, 0.4) is 0 Å². The first-order valence-corrected chi connectivity index (χ1v) is 52.6. The SMILES string of the molecule is CC1C(C)C(C)C2(C(C)C1C)C(C)C(C)C(C)C(C)C2C.CCc1c(C)c(C)c(C)c(C)c1C.Cc1c(C)c(C)c(-c2c(C)c(C)c(C)c(C)c2C)c(C)c1C.Cc1c(C)c(C)c(C)c(C)c1C.Cc1c(C)c(C)c(CCCc2c(C)c(C)c(C)c(C)c2C)c(C)c1C.Cc1c(C)c(C)c(Cc2c(C)c(C)c(C)c(C)c2C)c(C)c1C.Cc1c(C)c(C)c2c(C)c(C)c(C)c(C)c2c1C. The zero-order chi connectivity index (χ0) is 103. The van der Waals surface area contributed by atoms with Gasteiger partial charge in [0.25, 0.3) is 0 Å². The van der Waals surface area contributed by atoms with Gasteiger partial charge in [-0.1, -0.05) is 76.2 Å². The predicted octanol–water partition coefficient (Wildman–Crippen LogP) is 38.7. The molecule has 10 aromatic rings. The maximum absolute atomic E-state index is 2.59. The Balaban J connectivity index is 0.000000243. The number of rotatable bonds is 8. The largest absolute Gasteiger partial charge is 0.0620 e. The topological polar surface area (TPSA) is 0 Å². The van der Waals surface area contributed by atoms with E-state index in [4.69, 9.17) is 0 Å². The van der Waals surface area contributed by atoms with Gasteiger partial charge in [0.15, 0.2) is 0 Å². The number of hydrogen-bond acceptors (Lipinski definition) is 0. The summed E-state index contributed by atoms with van der Waals surface area (Å²) in [6.45, 7) is 139. The molecule has 0 saturated heterocycles. The molecular formula is C134H200. The second-order valence-electron chi connectivity index (χ2n) is 45.2. The Kier molecular flexibility index (Phi) is 38.8. The molecule has 736 valence electrons. The lowest BCUT2D eigenvalue weighted by atomic mass is 9.38. The lowest BCUT2D eigenvalue weighted by Crippen LogP contribution is -2.62. The maximum Gasteiger partial charge on any atom is -0.00149 e. The molecule has 2 fully saturated rings. The van der Waals surface area contributed by atoms with Gasteiger partial charge in [0.2, 0.25) is 0 Å². The van der Waals surface area contributed by atoms with Gasteiger partial charge in [-0.2, -0.15) is 0 Å². The molecule has 2 aliphatic carbocycles. The van der Waals surface area contributed by atoms with E-state index in [1.807, 2.05) is 0 Å². The molecule has 0 heteroatoms. The Bertz CT molecular complexity index is 5390. The molecule has 0 nitrogen and oxygen atoms in total. The van der Waals surface area contributed by atoms with Gasteiger partial charge in [0.1, 0.15) is 0 Å². The van der Waals surface area contributed by atoms with E-state index in [9.17, 15) is 0 Å². The monoisotopic (exact) mass is 1810 g/mol. The molecule has 0 bridgehead atoms. The molecule has 0 amide bonds. The standard InChI is InChI=1S/C25H36.C23H32.C22H30.C21H40.C18H24.C13H20.C12H18/c1-14-16(3)20(7)24(21(8)17(14)4)12-11-13-25-22(9)18(5)15(2)19(6)23(25)10;1-12-14(3)18(7)22(19(8)15(12)4)11-23-20(9)16(5)13(2)17(6)21(23)10;1-11-13(3)17(7)21(18(8)14(11)4)22-19(9)15(5)12(2)16(6)20(22)10;1-11-13(3)17(7)21(18(8)14(11)4)19(9)15(5)12(2)16(6)20(21)10;1-9-10(2)14(6)18-16(8)12(4)11(3)15(7)17(18)13(9)5;1-7-13-11(5)9(3)8(2)10(4)12(13)6;1-7-8(2)10(4)12(6)11(5)9(7)3/h11-13H2,1-10H3;11H2,1-10H3;1-10H3;11-20H,1-10H3;1-8H3;7H2,1-6H3;1-6H3. The van der Waals surface area contributed by atoms with Crippen LogP contribution in [0, 0.1) is 404 Å². The summed E-state index contributed by atoms with van der Waals surface area (Å²) in [5.41, 5.74) is 82.8. The van der Waals surface area contributed by atoms with Crippen LogP contribution >= 0.6 is 0 Å². The Morgan fingerprint density at radius 2 is 0.269 bits per heavy atom. The third-order valence-corrected chi connectivity index (χ3v) is 41.7. The second kappa shape index (κ2) is 45.2. The second-order valence-corrected chi connectivity index (χ2v) is 45.2. The van der Waals surface area contributed by atoms with E-state index in [0.29, 0.717) is 5.41 Å². The first kappa shape index (κ1) is 115. The molecule has 0 heterocycles. The van der Waals surface area contributed by atoms with Gasteiger partial charge in [0, 0.05) is 0 Å². The Hall–Kier alpha value is -7.54. The van der Waals surface area contributed by atoms with Crippen molar-refractivity contribution in [2.75, 3.05) is 0 Å². The molecule has 0 radical (unpaired) electrons. The summed E-state index contributed by atoms with van der Waals surface area (Å²) in [7, 11) is 0. The van der Waals surface area contributed by atoms with Crippen LogP contribution in [-0.2, 0) is 25.7 Å². The zero-order valence-corrected chi connectivity index (χ0v) is 98.8. The molecular weight excluding hydrogens is 1610 g/mol. The maximum atomic E-state index is 2.59. The lowest BCUT2D eigenvalue weighted by molar-refractivity contribution is -0.191. The fraction of sp³-hybridized carbons (Fsp3) is 0.567. The molecule has 2 saturated carbocycles. The smallest absolute Gasteiger partial charge is 0.00149 e. The molecule has 8 unspecified atom stereocenters. The van der Waals surface area contributed by atoms with Crippen molar-refractivity contribution in [1.29, 1.82) is 0 Å². The van der Waals surface area contributed by atoms with Crippen LogP contribution in [0.25, 0.3) is 21.9 Å². The fourth-order valence-corrected chi connectivity index (χ4v) is 26.0. The Morgan fingerprint density at radius 1 is 0.142 bits per heavy atom. The van der Waals surface area contributed by atoms with Crippen LogP contribution in [-0.4, -0.2) is 0 Å². The normalized spacial score (nSPS) is 19.1. The van der Waals surface area contributed by atoms with E-state index in [1.54, 1.807) is 16.7 Å². The van der Waals surface area contributed by atoms with Crippen molar-refractivity contribution >= 4 is 10.8 Å². The van der Waals surface area contributed by atoms with Gasteiger partial charge < -0.3 is 0 Å². The fourth-order valence-electron chi connectivity index (χ4n) is 26.0. The van der Waals surface area contributed by atoms with Crippen LogP contribution in [0.15, 0.2) is 0 Å². The van der Waals surface area contributed by atoms with Crippen molar-refractivity contribution in [2.45, 2.75) is 448 Å². The van der Waals surface area contributed by atoms with E-state index in [2.05, 4.69) is 415 Å². The van der Waals surface area contributed by atoms with Crippen LogP contribution in [0.5, 0.6) is 0 Å². The minimum atomic E-state index is 0.538. The van der Waals surface area contributed by atoms with Crippen molar-refractivity contribution in [3.63, 3.8) is 0 Å². The van der Waals surface area contributed by atoms with Gasteiger partial charge in [0.05, 0.1) is 0 Å². The number of hydrogen-bond donors (Lipinski definition) is 0. The zero-order valence-electron chi connectivity index (χ0n) is 98.8. The van der Waals surface area contributed by atoms with Crippen LogP contribution in [0.1, 0.15) is 383 Å². The molecule has 134 heavy (non-hydrogen) atoms. The molecule has 0 aliphatic heterocycles. The van der Waals surface area contributed by atoms with Crippen molar-refractivity contribution in [3.8, 4) is 11.1 Å². The number of benzene rings is 10. The molecule has 0 aromatic heterocycles.